The summed E-state index contributed by atoms with van der Waals surface area (Å²) in [6.45, 7) is 0. The number of methoxy groups -OCH3 is 1. The van der Waals surface area contributed by atoms with E-state index in [9.17, 15) is 4.79 Å². The first-order chi connectivity index (χ1) is 5.60. The number of hydrogen-bond acceptors (Lipinski definition) is 4. The highest BCUT2D eigenvalue weighted by Gasteiger charge is 2.14. The van der Waals surface area contributed by atoms with Gasteiger partial charge in [-0.2, -0.15) is 0 Å². The lowest BCUT2D eigenvalue weighted by Gasteiger charge is -2.11. The molecule has 0 heterocycles. The van der Waals surface area contributed by atoms with Crippen LogP contribution < -0.4 is 0 Å². The van der Waals surface area contributed by atoms with Gasteiger partial charge in [0.15, 0.2) is 0 Å². The maximum absolute atomic E-state index is 10.6. The van der Waals surface area contributed by atoms with Crippen molar-refractivity contribution in [2.45, 2.75) is 25.0 Å². The summed E-state index contributed by atoms with van der Waals surface area (Å²) in [5.74, 6) is -0.442. The van der Waals surface area contributed by atoms with Crippen LogP contribution in [0.15, 0.2) is 0 Å². The molecule has 72 valence electrons. The molecule has 0 rings (SSSR count). The number of aliphatic hydroxyl groups is 2. The Morgan fingerprint density at radius 1 is 1.50 bits per heavy atom. The van der Waals surface area contributed by atoms with E-state index < -0.39 is 18.2 Å². The second-order valence-corrected chi connectivity index (χ2v) is 2.79. The van der Waals surface area contributed by atoms with Crippen molar-refractivity contribution in [2.75, 3.05) is 13.0 Å². The molecule has 4 nitrogen and oxygen atoms in total. The number of carbonyl (C=O) groups excluding carboxylic acids is 1. The highest BCUT2D eigenvalue weighted by molar-refractivity contribution is 6.18. The molecule has 12 heavy (non-hydrogen) atoms. The van der Waals surface area contributed by atoms with Crippen molar-refractivity contribution in [3.8, 4) is 0 Å². The summed E-state index contributed by atoms with van der Waals surface area (Å²) in [6.07, 6.45) is -1.67. The number of ether oxygens (including phenoxy) is 1. The average Bonchev–Trinajstić information content (AvgIpc) is 2.03. The normalized spacial score (nSPS) is 15.3. The standard InChI is InChI=1S/C7H13ClO4/c1-12-7(11)3-5(9)2-6(10)4-8/h5-6,9-10H,2-4H2,1H3/t5-,6+/m1/s1. The summed E-state index contributed by atoms with van der Waals surface area (Å²) in [5, 5.41) is 18.1. The first-order valence-electron chi connectivity index (χ1n) is 3.59. The van der Waals surface area contributed by atoms with Gasteiger partial charge >= 0.3 is 5.97 Å². The molecule has 0 fully saturated rings. The van der Waals surface area contributed by atoms with Crippen LogP contribution >= 0.6 is 11.6 Å². The highest BCUT2D eigenvalue weighted by atomic mass is 35.5. The van der Waals surface area contributed by atoms with Crippen LogP contribution in [0.4, 0.5) is 0 Å². The van der Waals surface area contributed by atoms with Gasteiger partial charge < -0.3 is 14.9 Å². The molecule has 0 aliphatic heterocycles. The van der Waals surface area contributed by atoms with E-state index in [1.807, 2.05) is 0 Å². The summed E-state index contributed by atoms with van der Waals surface area (Å²) in [5.41, 5.74) is 0. The fourth-order valence-electron chi connectivity index (χ4n) is 0.736. The summed E-state index contributed by atoms with van der Waals surface area (Å²) in [7, 11) is 1.24. The maximum atomic E-state index is 10.6. The lowest BCUT2D eigenvalue weighted by molar-refractivity contribution is -0.143. The molecular weight excluding hydrogens is 184 g/mol. The predicted octanol–water partition coefficient (Wildman–Crippen LogP) is -0.0998. The van der Waals surface area contributed by atoms with Crippen LogP contribution in [0, 0.1) is 0 Å². The van der Waals surface area contributed by atoms with Gasteiger partial charge in [-0.1, -0.05) is 0 Å². The van der Waals surface area contributed by atoms with Gasteiger partial charge in [0, 0.05) is 12.3 Å². The van der Waals surface area contributed by atoms with E-state index in [1.54, 1.807) is 0 Å². The van der Waals surface area contributed by atoms with Crippen LogP contribution in [0.25, 0.3) is 0 Å². The van der Waals surface area contributed by atoms with Gasteiger partial charge in [0.2, 0.25) is 0 Å². The minimum atomic E-state index is -0.883. The van der Waals surface area contributed by atoms with Crippen molar-refractivity contribution in [3.05, 3.63) is 0 Å². The Morgan fingerprint density at radius 2 is 2.08 bits per heavy atom. The van der Waals surface area contributed by atoms with Gasteiger partial charge in [-0.3, -0.25) is 4.79 Å². The van der Waals surface area contributed by atoms with Crippen molar-refractivity contribution in [1.29, 1.82) is 0 Å². The zero-order valence-corrected chi connectivity index (χ0v) is 7.62. The molecular formula is C7H13ClO4. The smallest absolute Gasteiger partial charge is 0.308 e. The molecule has 5 heteroatoms. The second-order valence-electron chi connectivity index (χ2n) is 2.48. The predicted molar refractivity (Wildman–Crippen MR) is 44.0 cm³/mol. The van der Waals surface area contributed by atoms with Crippen LogP contribution in [0.2, 0.25) is 0 Å². The SMILES string of the molecule is COC(=O)C[C@H](O)C[C@H](O)CCl. The van der Waals surface area contributed by atoms with Gasteiger partial charge in [0.25, 0.3) is 0 Å². The van der Waals surface area contributed by atoms with Crippen molar-refractivity contribution < 1.29 is 19.7 Å². The molecule has 2 atom stereocenters. The Labute approximate surface area is 76.1 Å². The monoisotopic (exact) mass is 196 g/mol. The molecule has 0 saturated carbocycles. The van der Waals surface area contributed by atoms with Gasteiger partial charge in [-0.15, -0.1) is 11.6 Å². The van der Waals surface area contributed by atoms with E-state index in [0.717, 1.165) is 0 Å². The Morgan fingerprint density at radius 3 is 2.50 bits per heavy atom. The van der Waals surface area contributed by atoms with Crippen LogP contribution in [-0.2, 0) is 9.53 Å². The number of esters is 1. The van der Waals surface area contributed by atoms with Crippen LogP contribution in [-0.4, -0.2) is 41.4 Å². The van der Waals surface area contributed by atoms with E-state index >= 15 is 0 Å². The summed E-state index contributed by atoms with van der Waals surface area (Å²) in [6, 6.07) is 0. The van der Waals surface area contributed by atoms with Gasteiger partial charge in [-0.25, -0.2) is 0 Å². The molecule has 0 aliphatic carbocycles. The quantitative estimate of drug-likeness (QED) is 0.476. The summed E-state index contributed by atoms with van der Waals surface area (Å²) in [4.78, 5) is 10.6. The number of rotatable bonds is 5. The molecule has 0 unspecified atom stereocenters. The van der Waals surface area contributed by atoms with Gasteiger partial charge in [0.1, 0.15) is 0 Å². The molecule has 0 radical (unpaired) electrons. The molecule has 0 spiro atoms. The largest absolute Gasteiger partial charge is 0.469 e. The third-order valence-electron chi connectivity index (χ3n) is 1.35. The Kier molecular flexibility index (Phi) is 6.06. The zero-order valence-electron chi connectivity index (χ0n) is 6.86. The first kappa shape index (κ1) is 11.7. The van der Waals surface area contributed by atoms with E-state index in [2.05, 4.69) is 4.74 Å². The fraction of sp³-hybridized carbons (Fsp3) is 0.857. The number of aliphatic hydroxyl groups excluding tert-OH is 2. The molecule has 0 aliphatic rings. The molecule has 2 N–H and O–H groups in total. The van der Waals surface area contributed by atoms with E-state index in [4.69, 9.17) is 21.8 Å². The van der Waals surface area contributed by atoms with E-state index in [0.29, 0.717) is 0 Å². The van der Waals surface area contributed by atoms with Crippen molar-refractivity contribution >= 4 is 17.6 Å². The number of hydrogen-bond donors (Lipinski definition) is 2. The van der Waals surface area contributed by atoms with Crippen LogP contribution in [0.5, 0.6) is 0 Å². The van der Waals surface area contributed by atoms with Gasteiger partial charge in [0.05, 0.1) is 25.7 Å². The number of carbonyl (C=O) groups is 1. The lowest BCUT2D eigenvalue weighted by atomic mass is 10.1. The van der Waals surface area contributed by atoms with Crippen molar-refractivity contribution in [3.63, 3.8) is 0 Å². The average molecular weight is 197 g/mol. The molecule has 0 aromatic carbocycles. The minimum Gasteiger partial charge on any atom is -0.469 e. The zero-order chi connectivity index (χ0) is 9.56. The van der Waals surface area contributed by atoms with Crippen molar-refractivity contribution in [1.82, 2.24) is 0 Å². The molecule has 0 aromatic rings. The maximum Gasteiger partial charge on any atom is 0.308 e. The third-order valence-corrected chi connectivity index (χ3v) is 1.71. The summed E-state index contributed by atoms with van der Waals surface area (Å²) < 4.78 is 4.32. The van der Waals surface area contributed by atoms with Crippen LogP contribution in [0.1, 0.15) is 12.8 Å². The first-order valence-corrected chi connectivity index (χ1v) is 4.12. The number of halogens is 1. The topological polar surface area (TPSA) is 66.8 Å². The minimum absolute atomic E-state index is 0.0538. The molecule has 0 aromatic heterocycles. The van der Waals surface area contributed by atoms with E-state index in [-0.39, 0.29) is 18.7 Å². The van der Waals surface area contributed by atoms with Crippen molar-refractivity contribution in [2.24, 2.45) is 0 Å². The summed E-state index contributed by atoms with van der Waals surface area (Å²) >= 11 is 5.29. The van der Waals surface area contributed by atoms with Crippen LogP contribution in [0.3, 0.4) is 0 Å². The molecule has 0 amide bonds. The second kappa shape index (κ2) is 6.22. The van der Waals surface area contributed by atoms with E-state index in [1.165, 1.54) is 7.11 Å². The molecule has 0 bridgehead atoms. The highest BCUT2D eigenvalue weighted by Crippen LogP contribution is 2.04. The fourth-order valence-corrected chi connectivity index (χ4v) is 0.862. The Balaban J connectivity index is 3.58. The number of alkyl halides is 1. The van der Waals surface area contributed by atoms with Gasteiger partial charge in [-0.05, 0) is 0 Å². The molecule has 0 saturated heterocycles. The third kappa shape index (κ3) is 5.35. The Bertz CT molecular complexity index is 139. The lowest BCUT2D eigenvalue weighted by Crippen LogP contribution is -2.22. The Hall–Kier alpha value is -0.320.